The summed E-state index contributed by atoms with van der Waals surface area (Å²) < 4.78 is 0. The largest absolute Gasteiger partial charge is 0.310 e. The highest BCUT2D eigenvalue weighted by Gasteiger charge is 2.20. The van der Waals surface area contributed by atoms with Crippen LogP contribution in [0.3, 0.4) is 0 Å². The van der Waals surface area contributed by atoms with Crippen molar-refractivity contribution >= 4 is 22.7 Å². The number of para-hydroxylation sites is 1. The minimum Gasteiger partial charge on any atom is -0.310 e. The first-order chi connectivity index (χ1) is 9.86. The second-order valence-corrected chi connectivity index (χ2v) is 6.59. The van der Waals surface area contributed by atoms with Crippen LogP contribution < -0.4 is 5.32 Å². The van der Waals surface area contributed by atoms with Crippen molar-refractivity contribution in [1.29, 1.82) is 0 Å². The quantitative estimate of drug-likeness (QED) is 0.604. The molecule has 2 nitrogen and oxygen atoms in total. The molecule has 1 aromatic heterocycles. The Morgan fingerprint density at radius 2 is 2.15 bits per heavy atom. The maximum absolute atomic E-state index is 4.87. The Morgan fingerprint density at radius 1 is 1.30 bits per heavy atom. The Bertz CT molecular complexity index is 578. The van der Waals surface area contributed by atoms with Crippen molar-refractivity contribution in [3.8, 4) is 0 Å². The summed E-state index contributed by atoms with van der Waals surface area (Å²) in [4.78, 5) is 4.87. The standard InChI is InChI=1S/C17H22N2S/c1-2-3-10-20-17-14(12-18-15-8-9-15)11-13-6-4-5-7-16(13)19-17/h4-7,11,15,18H,2-3,8-10,12H2,1H3. The molecular formula is C17H22N2S. The van der Waals surface area contributed by atoms with Crippen LogP contribution in [0, 0.1) is 0 Å². The van der Waals surface area contributed by atoms with Gasteiger partial charge in [-0.15, -0.1) is 11.8 Å². The number of nitrogens with zero attached hydrogens (tertiary/aromatic N) is 1. The van der Waals surface area contributed by atoms with E-state index in [1.165, 1.54) is 41.7 Å². The van der Waals surface area contributed by atoms with Crippen LogP contribution >= 0.6 is 11.8 Å². The molecule has 0 bridgehead atoms. The van der Waals surface area contributed by atoms with Gasteiger partial charge in [0.25, 0.3) is 0 Å². The maximum atomic E-state index is 4.87. The molecule has 1 fully saturated rings. The molecule has 0 aliphatic heterocycles. The molecule has 106 valence electrons. The Balaban J connectivity index is 1.83. The van der Waals surface area contributed by atoms with E-state index in [-0.39, 0.29) is 0 Å². The molecule has 2 aromatic rings. The number of unbranched alkanes of at least 4 members (excludes halogenated alkanes) is 1. The Kier molecular flexibility index (Phi) is 4.58. The van der Waals surface area contributed by atoms with E-state index in [4.69, 9.17) is 4.98 Å². The number of fused-ring (bicyclic) bond motifs is 1. The number of aromatic nitrogens is 1. The number of thioether (sulfide) groups is 1. The van der Waals surface area contributed by atoms with E-state index in [9.17, 15) is 0 Å². The monoisotopic (exact) mass is 286 g/mol. The molecule has 1 N–H and O–H groups in total. The van der Waals surface area contributed by atoms with Crippen LogP contribution in [0.15, 0.2) is 35.4 Å². The molecule has 1 aliphatic carbocycles. The SMILES string of the molecule is CCCCSc1nc2ccccc2cc1CNC1CC1. The molecule has 1 heterocycles. The van der Waals surface area contributed by atoms with Gasteiger partial charge >= 0.3 is 0 Å². The summed E-state index contributed by atoms with van der Waals surface area (Å²) >= 11 is 1.91. The van der Waals surface area contributed by atoms with Crippen molar-refractivity contribution in [3.63, 3.8) is 0 Å². The molecule has 0 spiro atoms. The highest BCUT2D eigenvalue weighted by atomic mass is 32.2. The number of rotatable bonds is 7. The van der Waals surface area contributed by atoms with E-state index < -0.39 is 0 Å². The van der Waals surface area contributed by atoms with E-state index in [1.807, 2.05) is 11.8 Å². The normalized spacial score (nSPS) is 14.8. The van der Waals surface area contributed by atoms with Gasteiger partial charge in [-0.05, 0) is 42.7 Å². The van der Waals surface area contributed by atoms with Gasteiger partial charge in [-0.1, -0.05) is 31.5 Å². The molecule has 0 amide bonds. The lowest BCUT2D eigenvalue weighted by Gasteiger charge is -2.11. The smallest absolute Gasteiger partial charge is 0.101 e. The molecule has 1 aromatic carbocycles. The van der Waals surface area contributed by atoms with E-state index in [0.717, 1.165) is 23.9 Å². The summed E-state index contributed by atoms with van der Waals surface area (Å²) in [6, 6.07) is 11.5. The lowest BCUT2D eigenvalue weighted by Crippen LogP contribution is -2.16. The minimum atomic E-state index is 0.745. The van der Waals surface area contributed by atoms with Gasteiger partial charge < -0.3 is 5.32 Å². The molecule has 1 aliphatic rings. The third-order valence-electron chi connectivity index (χ3n) is 3.66. The number of benzene rings is 1. The van der Waals surface area contributed by atoms with Gasteiger partial charge in [0.2, 0.25) is 0 Å². The zero-order valence-corrected chi connectivity index (χ0v) is 12.9. The van der Waals surface area contributed by atoms with Gasteiger partial charge in [0, 0.05) is 18.0 Å². The maximum Gasteiger partial charge on any atom is 0.101 e. The average Bonchev–Trinajstić information content (AvgIpc) is 3.29. The van der Waals surface area contributed by atoms with Crippen molar-refractivity contribution < 1.29 is 0 Å². The van der Waals surface area contributed by atoms with Crippen molar-refractivity contribution in [3.05, 3.63) is 35.9 Å². The highest BCUT2D eigenvalue weighted by molar-refractivity contribution is 7.99. The number of nitrogens with one attached hydrogen (secondary N) is 1. The van der Waals surface area contributed by atoms with Crippen LogP contribution in [0.1, 0.15) is 38.2 Å². The van der Waals surface area contributed by atoms with Gasteiger partial charge in [0.1, 0.15) is 5.03 Å². The number of hydrogen-bond donors (Lipinski definition) is 1. The molecule has 0 radical (unpaired) electrons. The van der Waals surface area contributed by atoms with Crippen molar-refractivity contribution in [2.75, 3.05) is 5.75 Å². The number of hydrogen-bond acceptors (Lipinski definition) is 3. The van der Waals surface area contributed by atoms with Crippen molar-refractivity contribution in [2.45, 2.75) is 50.2 Å². The molecule has 20 heavy (non-hydrogen) atoms. The zero-order chi connectivity index (χ0) is 13.8. The molecule has 1 saturated carbocycles. The molecule has 0 atom stereocenters. The van der Waals surface area contributed by atoms with Crippen LogP contribution in [0.4, 0.5) is 0 Å². The second-order valence-electron chi connectivity index (χ2n) is 5.50. The summed E-state index contributed by atoms with van der Waals surface area (Å²) in [6.45, 7) is 3.20. The van der Waals surface area contributed by atoms with Crippen molar-refractivity contribution in [1.82, 2.24) is 10.3 Å². The topological polar surface area (TPSA) is 24.9 Å². The van der Waals surface area contributed by atoms with Gasteiger partial charge in [-0.25, -0.2) is 4.98 Å². The van der Waals surface area contributed by atoms with E-state index in [0.29, 0.717) is 0 Å². The predicted octanol–water partition coefficient (Wildman–Crippen LogP) is 4.38. The molecule has 0 saturated heterocycles. The second kappa shape index (κ2) is 6.59. The van der Waals surface area contributed by atoms with Crippen LogP contribution in [0.5, 0.6) is 0 Å². The molecule has 3 heteroatoms. The first-order valence-corrected chi connectivity index (χ1v) is 8.60. The number of pyridine rings is 1. The Morgan fingerprint density at radius 3 is 2.95 bits per heavy atom. The first kappa shape index (κ1) is 13.9. The van der Waals surface area contributed by atoms with Gasteiger partial charge in [-0.3, -0.25) is 0 Å². The summed E-state index contributed by atoms with van der Waals surface area (Å²) in [6.07, 6.45) is 5.17. The minimum absolute atomic E-state index is 0.745. The fourth-order valence-corrected chi connectivity index (χ4v) is 3.35. The van der Waals surface area contributed by atoms with E-state index in [1.54, 1.807) is 0 Å². The lowest BCUT2D eigenvalue weighted by atomic mass is 10.1. The summed E-state index contributed by atoms with van der Waals surface area (Å²) in [5.74, 6) is 1.16. The van der Waals surface area contributed by atoms with Crippen LogP contribution in [-0.2, 0) is 6.54 Å². The fraction of sp³-hybridized carbons (Fsp3) is 0.471. The van der Waals surface area contributed by atoms with Gasteiger partial charge in [0.15, 0.2) is 0 Å². The van der Waals surface area contributed by atoms with Crippen molar-refractivity contribution in [2.24, 2.45) is 0 Å². The lowest BCUT2D eigenvalue weighted by molar-refractivity contribution is 0.677. The molecular weight excluding hydrogens is 264 g/mol. The third-order valence-corrected chi connectivity index (χ3v) is 4.78. The third kappa shape index (κ3) is 3.53. The summed E-state index contributed by atoms with van der Waals surface area (Å²) in [7, 11) is 0. The molecule has 0 unspecified atom stereocenters. The Labute approximate surface area is 125 Å². The van der Waals surface area contributed by atoms with Crippen LogP contribution in [0.25, 0.3) is 10.9 Å². The van der Waals surface area contributed by atoms with Gasteiger partial charge in [-0.2, -0.15) is 0 Å². The predicted molar refractivity (Wildman–Crippen MR) is 87.2 cm³/mol. The fourth-order valence-electron chi connectivity index (χ4n) is 2.25. The van der Waals surface area contributed by atoms with Crippen LogP contribution in [0.2, 0.25) is 0 Å². The summed E-state index contributed by atoms with van der Waals surface area (Å²) in [5.41, 5.74) is 2.47. The van der Waals surface area contributed by atoms with Crippen LogP contribution in [-0.4, -0.2) is 16.8 Å². The van der Waals surface area contributed by atoms with E-state index in [2.05, 4.69) is 42.6 Å². The molecule has 3 rings (SSSR count). The Hall–Kier alpha value is -1.06. The van der Waals surface area contributed by atoms with Gasteiger partial charge in [0.05, 0.1) is 5.52 Å². The summed E-state index contributed by atoms with van der Waals surface area (Å²) in [5, 5.41) is 6.08. The first-order valence-electron chi connectivity index (χ1n) is 7.61. The zero-order valence-electron chi connectivity index (χ0n) is 12.1. The highest BCUT2D eigenvalue weighted by Crippen LogP contribution is 2.27. The van der Waals surface area contributed by atoms with E-state index >= 15 is 0 Å². The average molecular weight is 286 g/mol.